The van der Waals surface area contributed by atoms with Crippen molar-refractivity contribution in [1.82, 2.24) is 4.90 Å². The largest absolute Gasteiger partial charge is 0.360 e. The molecule has 98 valence electrons. The summed E-state index contributed by atoms with van der Waals surface area (Å²) in [5.74, 6) is -0.251. The third kappa shape index (κ3) is 2.86. The Kier molecular flexibility index (Phi) is 3.73. The minimum absolute atomic E-state index is 0.0616. The lowest BCUT2D eigenvalue weighted by molar-refractivity contribution is -0.384. The zero-order chi connectivity index (χ0) is 13.8. The number of nitro benzene ring substituents is 1. The van der Waals surface area contributed by atoms with Gasteiger partial charge in [-0.25, -0.2) is 0 Å². The van der Waals surface area contributed by atoms with Gasteiger partial charge in [-0.05, 0) is 12.1 Å². The Bertz CT molecular complexity index is 535. The third-order valence-corrected chi connectivity index (χ3v) is 2.82. The molecule has 0 spiro atoms. The second-order valence-electron chi connectivity index (χ2n) is 4.04. The first-order chi connectivity index (χ1) is 9.11. The van der Waals surface area contributed by atoms with Crippen LogP contribution in [0.15, 0.2) is 24.3 Å². The highest BCUT2D eigenvalue weighted by Gasteiger charge is 2.25. The summed E-state index contributed by atoms with van der Waals surface area (Å²) in [7, 11) is 0. The Hall–Kier alpha value is -2.46. The Morgan fingerprint density at radius 1 is 1.47 bits per heavy atom. The highest BCUT2D eigenvalue weighted by atomic mass is 16.6. The normalized spacial score (nSPS) is 18.7. The SMILES string of the molecule is N#CC1CN(C(=O)c2ccc([N+](=O)[O-])cc2)CCO1. The predicted octanol–water partition coefficient (Wildman–Crippen LogP) is 0.959. The van der Waals surface area contributed by atoms with Gasteiger partial charge in [0.05, 0.1) is 24.1 Å². The van der Waals surface area contributed by atoms with E-state index in [-0.39, 0.29) is 18.1 Å². The van der Waals surface area contributed by atoms with Crippen LogP contribution in [0.2, 0.25) is 0 Å². The van der Waals surface area contributed by atoms with Crippen molar-refractivity contribution in [3.63, 3.8) is 0 Å². The quantitative estimate of drug-likeness (QED) is 0.583. The van der Waals surface area contributed by atoms with E-state index in [0.29, 0.717) is 18.7 Å². The fourth-order valence-electron chi connectivity index (χ4n) is 1.82. The van der Waals surface area contributed by atoms with Crippen LogP contribution in [0.3, 0.4) is 0 Å². The maximum Gasteiger partial charge on any atom is 0.269 e. The van der Waals surface area contributed by atoms with Gasteiger partial charge >= 0.3 is 0 Å². The van der Waals surface area contributed by atoms with E-state index in [1.54, 1.807) is 0 Å². The lowest BCUT2D eigenvalue weighted by atomic mass is 10.1. The van der Waals surface area contributed by atoms with Gasteiger partial charge in [-0.15, -0.1) is 0 Å². The van der Waals surface area contributed by atoms with Gasteiger partial charge in [0, 0.05) is 24.2 Å². The maximum absolute atomic E-state index is 12.1. The van der Waals surface area contributed by atoms with Crippen LogP contribution in [0.4, 0.5) is 5.69 Å². The van der Waals surface area contributed by atoms with Crippen molar-refractivity contribution in [1.29, 1.82) is 5.26 Å². The molecule has 1 amide bonds. The van der Waals surface area contributed by atoms with Crippen LogP contribution >= 0.6 is 0 Å². The molecule has 1 heterocycles. The zero-order valence-electron chi connectivity index (χ0n) is 9.98. The van der Waals surface area contributed by atoms with E-state index in [1.165, 1.54) is 29.2 Å². The predicted molar refractivity (Wildman–Crippen MR) is 64.4 cm³/mol. The van der Waals surface area contributed by atoms with Gasteiger partial charge in [0.1, 0.15) is 0 Å². The van der Waals surface area contributed by atoms with E-state index >= 15 is 0 Å². The number of morpholine rings is 1. The molecular formula is C12H11N3O4. The molecule has 1 aliphatic heterocycles. The summed E-state index contributed by atoms with van der Waals surface area (Å²) in [5.41, 5.74) is 0.303. The number of nitro groups is 1. The van der Waals surface area contributed by atoms with Gasteiger partial charge < -0.3 is 9.64 Å². The molecule has 0 bridgehead atoms. The van der Waals surface area contributed by atoms with Crippen LogP contribution in [-0.2, 0) is 4.74 Å². The average Bonchev–Trinajstić information content (AvgIpc) is 2.46. The van der Waals surface area contributed by atoms with Gasteiger partial charge in [0.15, 0.2) is 6.10 Å². The number of benzene rings is 1. The molecule has 19 heavy (non-hydrogen) atoms. The fourth-order valence-corrected chi connectivity index (χ4v) is 1.82. The van der Waals surface area contributed by atoms with E-state index < -0.39 is 11.0 Å². The van der Waals surface area contributed by atoms with Crippen molar-refractivity contribution in [2.75, 3.05) is 19.7 Å². The molecule has 1 unspecified atom stereocenters. The van der Waals surface area contributed by atoms with Crippen molar-refractivity contribution in [3.8, 4) is 6.07 Å². The van der Waals surface area contributed by atoms with Gasteiger partial charge in [-0.3, -0.25) is 14.9 Å². The Balaban J connectivity index is 2.11. The lowest BCUT2D eigenvalue weighted by Gasteiger charge is -2.29. The minimum atomic E-state index is -0.615. The first kappa shape index (κ1) is 13.0. The number of hydrogen-bond donors (Lipinski definition) is 0. The van der Waals surface area contributed by atoms with E-state index in [9.17, 15) is 14.9 Å². The number of amides is 1. The molecule has 1 aromatic rings. The third-order valence-electron chi connectivity index (χ3n) is 2.82. The summed E-state index contributed by atoms with van der Waals surface area (Å²) in [6, 6.07) is 7.36. The maximum atomic E-state index is 12.1. The van der Waals surface area contributed by atoms with Crippen molar-refractivity contribution >= 4 is 11.6 Å². The summed E-state index contributed by atoms with van der Waals surface area (Å²) in [4.78, 5) is 23.7. The molecule has 1 aliphatic rings. The van der Waals surface area contributed by atoms with Crippen LogP contribution < -0.4 is 0 Å². The lowest BCUT2D eigenvalue weighted by Crippen LogP contribution is -2.45. The van der Waals surface area contributed by atoms with Gasteiger partial charge in [-0.1, -0.05) is 0 Å². The Morgan fingerprint density at radius 3 is 2.74 bits per heavy atom. The fraction of sp³-hybridized carbons (Fsp3) is 0.333. The van der Waals surface area contributed by atoms with Crippen LogP contribution in [0.25, 0.3) is 0 Å². The van der Waals surface area contributed by atoms with Crippen molar-refractivity contribution in [3.05, 3.63) is 39.9 Å². The molecule has 0 aliphatic carbocycles. The molecule has 1 fully saturated rings. The molecule has 7 heteroatoms. The molecule has 1 atom stereocenters. The molecule has 0 saturated carbocycles. The van der Waals surface area contributed by atoms with Crippen LogP contribution in [0.5, 0.6) is 0 Å². The smallest absolute Gasteiger partial charge is 0.269 e. The number of non-ortho nitro benzene ring substituents is 1. The summed E-state index contributed by atoms with van der Waals surface area (Å²) in [6.07, 6.45) is -0.615. The van der Waals surface area contributed by atoms with E-state index in [4.69, 9.17) is 10.00 Å². The molecule has 1 aromatic carbocycles. The monoisotopic (exact) mass is 261 g/mol. The highest BCUT2D eigenvalue weighted by Crippen LogP contribution is 2.15. The number of ether oxygens (including phenoxy) is 1. The topological polar surface area (TPSA) is 96.5 Å². The zero-order valence-corrected chi connectivity index (χ0v) is 9.98. The summed E-state index contributed by atoms with van der Waals surface area (Å²) >= 11 is 0. The van der Waals surface area contributed by atoms with Crippen molar-refractivity contribution in [2.24, 2.45) is 0 Å². The molecule has 1 saturated heterocycles. The summed E-state index contributed by atoms with van der Waals surface area (Å²) < 4.78 is 5.15. The van der Waals surface area contributed by atoms with Gasteiger partial charge in [0.25, 0.3) is 11.6 Å². The number of carbonyl (C=O) groups is 1. The number of rotatable bonds is 2. The van der Waals surface area contributed by atoms with Gasteiger partial charge in [-0.2, -0.15) is 5.26 Å². The summed E-state index contributed by atoms with van der Waals surface area (Å²) in [5, 5.41) is 19.3. The van der Waals surface area contributed by atoms with E-state index in [0.717, 1.165) is 0 Å². The second kappa shape index (κ2) is 5.46. The molecular weight excluding hydrogens is 250 g/mol. The van der Waals surface area contributed by atoms with Crippen LogP contribution in [0, 0.1) is 21.4 Å². The van der Waals surface area contributed by atoms with Crippen molar-refractivity contribution < 1.29 is 14.5 Å². The Labute approximate surface area is 109 Å². The van der Waals surface area contributed by atoms with Gasteiger partial charge in [0.2, 0.25) is 0 Å². The minimum Gasteiger partial charge on any atom is -0.360 e. The summed E-state index contributed by atoms with van der Waals surface area (Å²) in [6.45, 7) is 0.942. The van der Waals surface area contributed by atoms with Crippen LogP contribution in [0.1, 0.15) is 10.4 Å². The standard InChI is InChI=1S/C12H11N3O4/c13-7-11-8-14(5-6-19-11)12(16)9-1-3-10(4-2-9)15(17)18/h1-4,11H,5-6,8H2. The molecule has 2 rings (SSSR count). The average molecular weight is 261 g/mol. The molecule has 0 N–H and O–H groups in total. The molecule has 0 aromatic heterocycles. The molecule has 7 nitrogen and oxygen atoms in total. The van der Waals surface area contributed by atoms with Crippen LogP contribution in [-0.4, -0.2) is 41.5 Å². The second-order valence-corrected chi connectivity index (χ2v) is 4.04. The highest BCUT2D eigenvalue weighted by molar-refractivity contribution is 5.94. The first-order valence-corrected chi connectivity index (χ1v) is 5.67. The van der Waals surface area contributed by atoms with E-state index in [2.05, 4.69) is 0 Å². The molecule has 0 radical (unpaired) electrons. The Morgan fingerprint density at radius 2 is 2.16 bits per heavy atom. The first-order valence-electron chi connectivity index (χ1n) is 5.67. The number of hydrogen-bond acceptors (Lipinski definition) is 5. The number of nitrogens with zero attached hydrogens (tertiary/aromatic N) is 3. The number of nitriles is 1. The number of carbonyl (C=O) groups excluding carboxylic acids is 1. The van der Waals surface area contributed by atoms with Crippen molar-refractivity contribution in [2.45, 2.75) is 6.10 Å². The van der Waals surface area contributed by atoms with E-state index in [1.807, 2.05) is 6.07 Å².